The average Bonchev–Trinajstić information content (AvgIpc) is 2.70. The lowest BCUT2D eigenvalue weighted by atomic mass is 10.2. The lowest BCUT2D eigenvalue weighted by molar-refractivity contribution is 0.0932. The van der Waals surface area contributed by atoms with E-state index in [0.717, 1.165) is 3.57 Å². The fourth-order valence-corrected chi connectivity index (χ4v) is 3.03. The van der Waals surface area contributed by atoms with Gasteiger partial charge in [-0.25, -0.2) is 4.39 Å². The molecule has 3 N–H and O–H groups in total. The molecule has 0 saturated heterocycles. The molecule has 3 aromatic rings. The van der Waals surface area contributed by atoms with Crippen molar-refractivity contribution in [2.45, 2.75) is 13.0 Å². The Morgan fingerprint density at radius 3 is 2.79 bits per heavy atom. The number of hydrogen-bond donors (Lipinski definition) is 3. The summed E-state index contributed by atoms with van der Waals surface area (Å²) in [6.07, 6.45) is 2.58. The zero-order valence-electron chi connectivity index (χ0n) is 15.5. The minimum atomic E-state index is -0.420. The van der Waals surface area contributed by atoms with Crippen molar-refractivity contribution >= 4 is 39.9 Å². The molecule has 0 saturated carbocycles. The first-order chi connectivity index (χ1) is 13.9. The van der Waals surface area contributed by atoms with E-state index in [1.54, 1.807) is 43.3 Å². The third kappa shape index (κ3) is 5.57. The molecular formula is C21H19FIN3O3. The van der Waals surface area contributed by atoms with E-state index >= 15 is 0 Å². The molecule has 2 aromatic carbocycles. The predicted molar refractivity (Wildman–Crippen MR) is 117 cm³/mol. The molecule has 0 fully saturated rings. The first-order valence-corrected chi connectivity index (χ1v) is 9.91. The van der Waals surface area contributed by atoms with Crippen LogP contribution in [0.15, 0.2) is 60.9 Å². The molecule has 1 unspecified atom stereocenters. The Morgan fingerprint density at radius 2 is 2.03 bits per heavy atom. The molecule has 0 bridgehead atoms. The predicted octanol–water partition coefficient (Wildman–Crippen LogP) is 4.47. The molecule has 0 aliphatic carbocycles. The zero-order valence-corrected chi connectivity index (χ0v) is 17.7. The van der Waals surface area contributed by atoms with Crippen LogP contribution in [0.5, 0.6) is 11.5 Å². The summed E-state index contributed by atoms with van der Waals surface area (Å²) in [6, 6.07) is 12.9. The largest absolute Gasteiger partial charge is 0.504 e. The Morgan fingerprint density at radius 1 is 1.24 bits per heavy atom. The summed E-state index contributed by atoms with van der Waals surface area (Å²) in [6.45, 7) is 1.99. The highest BCUT2D eigenvalue weighted by Crippen LogP contribution is 2.26. The smallest absolute Gasteiger partial charge is 0.253 e. The second-order valence-corrected chi connectivity index (χ2v) is 7.52. The molecule has 29 heavy (non-hydrogen) atoms. The number of carbonyl (C=O) groups is 1. The molecule has 8 heteroatoms. The quantitative estimate of drug-likeness (QED) is 0.411. The van der Waals surface area contributed by atoms with E-state index in [-0.39, 0.29) is 30.0 Å². The second-order valence-electron chi connectivity index (χ2n) is 6.28. The number of anilines is 2. The Bertz CT molecular complexity index is 1020. The standard InChI is InChI=1S/C21H19FIN3O3/c1-13(29-20-5-3-2-4-19(20)27)11-25-21(28)15-8-9-24-12-18(15)26-17-7-6-14(23)10-16(17)22/h2-10,12-13,26-27H,11H2,1H3,(H,25,28). The van der Waals surface area contributed by atoms with Gasteiger partial charge in [0.05, 0.1) is 29.7 Å². The molecular weight excluding hydrogens is 488 g/mol. The van der Waals surface area contributed by atoms with Crippen molar-refractivity contribution in [3.05, 3.63) is 75.9 Å². The molecule has 1 aromatic heterocycles. The normalized spacial score (nSPS) is 11.6. The Kier molecular flexibility index (Phi) is 6.86. The van der Waals surface area contributed by atoms with Crippen LogP contribution in [0.1, 0.15) is 17.3 Å². The molecule has 3 rings (SSSR count). The van der Waals surface area contributed by atoms with Gasteiger partial charge in [-0.1, -0.05) is 12.1 Å². The number of hydrogen-bond acceptors (Lipinski definition) is 5. The monoisotopic (exact) mass is 507 g/mol. The summed E-state index contributed by atoms with van der Waals surface area (Å²) < 4.78 is 20.5. The number of amides is 1. The van der Waals surface area contributed by atoms with Crippen molar-refractivity contribution in [3.63, 3.8) is 0 Å². The van der Waals surface area contributed by atoms with Gasteiger partial charge in [0.2, 0.25) is 0 Å². The van der Waals surface area contributed by atoms with Gasteiger partial charge in [-0.05, 0) is 65.9 Å². The highest BCUT2D eigenvalue weighted by molar-refractivity contribution is 14.1. The second kappa shape index (κ2) is 9.55. The number of aromatic hydroxyl groups is 1. The number of ether oxygens (including phenoxy) is 1. The molecule has 1 heterocycles. The summed E-state index contributed by atoms with van der Waals surface area (Å²) in [5, 5.41) is 15.5. The van der Waals surface area contributed by atoms with E-state index in [2.05, 4.69) is 15.6 Å². The first kappa shape index (κ1) is 20.8. The zero-order chi connectivity index (χ0) is 20.8. The molecule has 0 spiro atoms. The van der Waals surface area contributed by atoms with Gasteiger partial charge in [0.25, 0.3) is 5.91 Å². The van der Waals surface area contributed by atoms with E-state index in [1.807, 2.05) is 22.6 Å². The molecule has 1 atom stereocenters. The molecule has 0 aliphatic rings. The number of halogens is 2. The van der Waals surface area contributed by atoms with E-state index < -0.39 is 5.82 Å². The van der Waals surface area contributed by atoms with Gasteiger partial charge in [0.15, 0.2) is 11.5 Å². The van der Waals surface area contributed by atoms with Crippen LogP contribution in [0.3, 0.4) is 0 Å². The van der Waals surface area contributed by atoms with Gasteiger partial charge in [0.1, 0.15) is 11.9 Å². The number of phenolic OH excluding ortho intramolecular Hbond substituents is 1. The summed E-state index contributed by atoms with van der Waals surface area (Å²) >= 11 is 2.03. The SMILES string of the molecule is CC(CNC(=O)c1ccncc1Nc1ccc(I)cc1F)Oc1ccccc1O. The van der Waals surface area contributed by atoms with Crippen LogP contribution in [0.4, 0.5) is 15.8 Å². The number of phenols is 1. The van der Waals surface area contributed by atoms with Crippen molar-refractivity contribution < 1.29 is 19.0 Å². The Hall–Kier alpha value is -2.88. The van der Waals surface area contributed by atoms with Crippen LogP contribution in [0, 0.1) is 9.39 Å². The number of nitrogens with zero attached hydrogens (tertiary/aromatic N) is 1. The van der Waals surface area contributed by atoms with Crippen LogP contribution in [0.25, 0.3) is 0 Å². The van der Waals surface area contributed by atoms with Gasteiger partial charge >= 0.3 is 0 Å². The lowest BCUT2D eigenvalue weighted by Crippen LogP contribution is -2.33. The van der Waals surface area contributed by atoms with Gasteiger partial charge in [-0.15, -0.1) is 0 Å². The average molecular weight is 507 g/mol. The molecule has 0 radical (unpaired) electrons. The summed E-state index contributed by atoms with van der Waals surface area (Å²) in [5.74, 6) is -0.397. The summed E-state index contributed by atoms with van der Waals surface area (Å²) in [4.78, 5) is 16.7. The van der Waals surface area contributed by atoms with Crippen LogP contribution in [0.2, 0.25) is 0 Å². The number of rotatable bonds is 7. The first-order valence-electron chi connectivity index (χ1n) is 8.83. The molecule has 150 valence electrons. The highest BCUT2D eigenvalue weighted by atomic mass is 127. The van der Waals surface area contributed by atoms with Gasteiger partial charge in [-0.3, -0.25) is 9.78 Å². The van der Waals surface area contributed by atoms with Gasteiger partial charge < -0.3 is 20.5 Å². The van der Waals surface area contributed by atoms with E-state index in [9.17, 15) is 14.3 Å². The molecule has 6 nitrogen and oxygen atoms in total. The highest BCUT2D eigenvalue weighted by Gasteiger charge is 2.15. The van der Waals surface area contributed by atoms with E-state index in [1.165, 1.54) is 24.5 Å². The van der Waals surface area contributed by atoms with Crippen LogP contribution >= 0.6 is 22.6 Å². The van der Waals surface area contributed by atoms with Gasteiger partial charge in [0, 0.05) is 9.77 Å². The minimum Gasteiger partial charge on any atom is -0.504 e. The number of nitrogens with one attached hydrogen (secondary N) is 2. The maximum atomic E-state index is 14.1. The number of carbonyl (C=O) groups excluding carboxylic acids is 1. The molecule has 1 amide bonds. The minimum absolute atomic E-state index is 0.0332. The van der Waals surface area contributed by atoms with Crippen LogP contribution in [-0.4, -0.2) is 28.6 Å². The van der Waals surface area contributed by atoms with Crippen molar-refractivity contribution in [3.8, 4) is 11.5 Å². The van der Waals surface area contributed by atoms with Crippen molar-refractivity contribution in [2.75, 3.05) is 11.9 Å². The Balaban J connectivity index is 1.66. The maximum absolute atomic E-state index is 14.1. The fourth-order valence-electron chi connectivity index (χ4n) is 2.57. The van der Waals surface area contributed by atoms with Crippen molar-refractivity contribution in [1.29, 1.82) is 0 Å². The van der Waals surface area contributed by atoms with Crippen molar-refractivity contribution in [1.82, 2.24) is 10.3 Å². The van der Waals surface area contributed by atoms with Crippen molar-refractivity contribution in [2.24, 2.45) is 0 Å². The van der Waals surface area contributed by atoms with Crippen LogP contribution < -0.4 is 15.4 Å². The van der Waals surface area contributed by atoms with Crippen LogP contribution in [-0.2, 0) is 0 Å². The van der Waals surface area contributed by atoms with E-state index in [4.69, 9.17) is 4.74 Å². The third-order valence-corrected chi connectivity index (χ3v) is 4.68. The number of para-hydroxylation sites is 2. The third-order valence-electron chi connectivity index (χ3n) is 4.01. The van der Waals surface area contributed by atoms with Gasteiger partial charge in [-0.2, -0.15) is 0 Å². The summed E-state index contributed by atoms with van der Waals surface area (Å²) in [7, 11) is 0. The molecule has 0 aliphatic heterocycles. The Labute approximate surface area is 181 Å². The number of benzene rings is 2. The maximum Gasteiger partial charge on any atom is 0.253 e. The number of pyridine rings is 1. The fraction of sp³-hybridized carbons (Fsp3) is 0.143. The number of aromatic nitrogens is 1. The topological polar surface area (TPSA) is 83.5 Å². The lowest BCUT2D eigenvalue weighted by Gasteiger charge is -2.17. The summed E-state index contributed by atoms with van der Waals surface area (Å²) in [5.41, 5.74) is 0.968. The van der Waals surface area contributed by atoms with E-state index in [0.29, 0.717) is 17.0 Å².